The van der Waals surface area contributed by atoms with E-state index in [1.54, 1.807) is 0 Å². The maximum Gasteiger partial charge on any atom is 0.316 e. The fourth-order valence-electron chi connectivity index (χ4n) is 1.14. The first kappa shape index (κ1) is 13.6. The topological polar surface area (TPSA) is 69.7 Å². The van der Waals surface area contributed by atoms with Crippen LogP contribution in [0.1, 0.15) is 26.2 Å². The van der Waals surface area contributed by atoms with Gasteiger partial charge in [-0.3, -0.25) is 14.4 Å². The number of carbonyl (C=O) groups is 3. The Kier molecular flexibility index (Phi) is 6.33. The Morgan fingerprint density at radius 1 is 1.13 bits per heavy atom. The molecule has 1 atom stereocenters. The molecule has 0 aromatic rings. The Bertz CT molecular complexity index is 246. The summed E-state index contributed by atoms with van der Waals surface area (Å²) in [5, 5.41) is 0. The number of rotatable bonds is 6. The quantitative estimate of drug-likeness (QED) is 0.483. The van der Waals surface area contributed by atoms with Crippen molar-refractivity contribution < 1.29 is 23.9 Å². The Morgan fingerprint density at radius 2 is 1.73 bits per heavy atom. The maximum atomic E-state index is 11.5. The Labute approximate surface area is 88.7 Å². The van der Waals surface area contributed by atoms with E-state index in [0.717, 1.165) is 0 Å². The van der Waals surface area contributed by atoms with Crippen LogP contribution in [0.5, 0.6) is 0 Å². The third-order valence-electron chi connectivity index (χ3n) is 1.97. The second kappa shape index (κ2) is 6.98. The first-order valence-electron chi connectivity index (χ1n) is 4.74. The van der Waals surface area contributed by atoms with Crippen molar-refractivity contribution in [1.29, 1.82) is 0 Å². The molecule has 0 saturated heterocycles. The highest BCUT2D eigenvalue weighted by Gasteiger charge is 2.29. The number of esters is 2. The molecule has 0 aromatic carbocycles. The lowest BCUT2D eigenvalue weighted by atomic mass is 9.97. The van der Waals surface area contributed by atoms with Crippen LogP contribution in [0.4, 0.5) is 0 Å². The molecule has 0 aromatic heterocycles. The Hall–Kier alpha value is -1.39. The first-order valence-corrected chi connectivity index (χ1v) is 4.74. The van der Waals surface area contributed by atoms with Crippen molar-refractivity contribution in [2.24, 2.45) is 5.92 Å². The number of hydrogen-bond donors (Lipinski definition) is 0. The van der Waals surface area contributed by atoms with Crippen LogP contribution in [0.3, 0.4) is 0 Å². The number of carbonyl (C=O) groups excluding carboxylic acids is 3. The Morgan fingerprint density at radius 3 is 2.13 bits per heavy atom. The second-order valence-electron chi connectivity index (χ2n) is 3.07. The van der Waals surface area contributed by atoms with Crippen LogP contribution in [-0.4, -0.2) is 31.9 Å². The summed E-state index contributed by atoms with van der Waals surface area (Å²) in [5.74, 6) is -2.58. The van der Waals surface area contributed by atoms with Crippen LogP contribution in [0.15, 0.2) is 0 Å². The number of methoxy groups -OCH3 is 2. The minimum atomic E-state index is -1.03. The lowest BCUT2D eigenvalue weighted by molar-refractivity contribution is -0.155. The van der Waals surface area contributed by atoms with Crippen LogP contribution >= 0.6 is 0 Å². The zero-order chi connectivity index (χ0) is 11.8. The van der Waals surface area contributed by atoms with E-state index in [-0.39, 0.29) is 18.6 Å². The molecule has 0 fully saturated rings. The fraction of sp³-hybridized carbons (Fsp3) is 0.700. The third-order valence-corrected chi connectivity index (χ3v) is 1.97. The van der Waals surface area contributed by atoms with E-state index in [2.05, 4.69) is 9.47 Å². The van der Waals surface area contributed by atoms with Crippen molar-refractivity contribution in [3.05, 3.63) is 0 Å². The molecule has 15 heavy (non-hydrogen) atoms. The molecule has 5 nitrogen and oxygen atoms in total. The lowest BCUT2D eigenvalue weighted by Gasteiger charge is -2.11. The molecule has 0 rings (SSSR count). The average Bonchev–Trinajstić information content (AvgIpc) is 2.24. The number of ketones is 1. The number of ether oxygens (including phenoxy) is 2. The summed E-state index contributed by atoms with van der Waals surface area (Å²) in [5.41, 5.74) is 0. The highest BCUT2D eigenvalue weighted by molar-refractivity contribution is 6.01. The predicted molar refractivity (Wildman–Crippen MR) is 52.1 cm³/mol. The third kappa shape index (κ3) is 4.58. The normalized spacial score (nSPS) is 11.7. The summed E-state index contributed by atoms with van der Waals surface area (Å²) in [7, 11) is 2.40. The summed E-state index contributed by atoms with van der Waals surface area (Å²) in [4.78, 5) is 33.7. The van der Waals surface area contributed by atoms with E-state index >= 15 is 0 Å². The van der Waals surface area contributed by atoms with Gasteiger partial charge in [-0.25, -0.2) is 0 Å². The molecule has 0 aliphatic heterocycles. The molecular weight excluding hydrogens is 200 g/mol. The van der Waals surface area contributed by atoms with Gasteiger partial charge < -0.3 is 9.47 Å². The van der Waals surface area contributed by atoms with Crippen molar-refractivity contribution in [3.8, 4) is 0 Å². The van der Waals surface area contributed by atoms with Gasteiger partial charge >= 0.3 is 11.9 Å². The Balaban J connectivity index is 4.50. The van der Waals surface area contributed by atoms with E-state index in [1.807, 2.05) is 6.92 Å². The molecule has 5 heteroatoms. The monoisotopic (exact) mass is 216 g/mol. The van der Waals surface area contributed by atoms with Gasteiger partial charge in [-0.2, -0.15) is 0 Å². The van der Waals surface area contributed by atoms with E-state index in [0.29, 0.717) is 6.42 Å². The molecule has 86 valence electrons. The molecule has 0 radical (unpaired) electrons. The molecule has 0 heterocycles. The smallest absolute Gasteiger partial charge is 0.316 e. The van der Waals surface area contributed by atoms with Crippen LogP contribution in [-0.2, 0) is 23.9 Å². The van der Waals surface area contributed by atoms with Crippen LogP contribution < -0.4 is 0 Å². The molecule has 0 amide bonds. The molecule has 1 unspecified atom stereocenters. The molecular formula is C10H16O5. The molecule has 0 N–H and O–H groups in total. The first-order chi connectivity index (χ1) is 7.06. The minimum Gasteiger partial charge on any atom is -0.469 e. The van der Waals surface area contributed by atoms with Crippen molar-refractivity contribution in [2.75, 3.05) is 14.2 Å². The van der Waals surface area contributed by atoms with Crippen molar-refractivity contribution in [2.45, 2.75) is 26.2 Å². The number of hydrogen-bond acceptors (Lipinski definition) is 5. The van der Waals surface area contributed by atoms with Crippen LogP contribution in [0, 0.1) is 5.92 Å². The number of Topliss-reactive ketones (excluding diaryl/α,β-unsaturated/α-hetero) is 1. The molecule has 0 bridgehead atoms. The van der Waals surface area contributed by atoms with Gasteiger partial charge in [-0.1, -0.05) is 6.92 Å². The van der Waals surface area contributed by atoms with Crippen molar-refractivity contribution in [3.63, 3.8) is 0 Å². The fourth-order valence-corrected chi connectivity index (χ4v) is 1.14. The highest BCUT2D eigenvalue weighted by atomic mass is 16.5. The summed E-state index contributed by atoms with van der Waals surface area (Å²) < 4.78 is 8.86. The molecule has 0 saturated carbocycles. The van der Waals surface area contributed by atoms with Crippen LogP contribution in [0.2, 0.25) is 0 Å². The summed E-state index contributed by atoms with van der Waals surface area (Å²) in [6.45, 7) is 1.82. The second-order valence-corrected chi connectivity index (χ2v) is 3.07. The minimum absolute atomic E-state index is 0.248. The largest absolute Gasteiger partial charge is 0.469 e. The van der Waals surface area contributed by atoms with Gasteiger partial charge in [0.1, 0.15) is 11.7 Å². The van der Waals surface area contributed by atoms with Gasteiger partial charge in [0.05, 0.1) is 20.6 Å². The lowest BCUT2D eigenvalue weighted by Crippen LogP contribution is -2.28. The zero-order valence-corrected chi connectivity index (χ0v) is 9.24. The van der Waals surface area contributed by atoms with E-state index < -0.39 is 17.9 Å². The van der Waals surface area contributed by atoms with Crippen molar-refractivity contribution >= 4 is 17.7 Å². The zero-order valence-electron chi connectivity index (χ0n) is 9.24. The predicted octanol–water partition coefficient (Wildman–Crippen LogP) is 0.708. The van der Waals surface area contributed by atoms with Gasteiger partial charge in [-0.15, -0.1) is 0 Å². The van der Waals surface area contributed by atoms with Gasteiger partial charge in [0.15, 0.2) is 0 Å². The molecule has 0 aliphatic carbocycles. The molecule has 0 spiro atoms. The summed E-state index contributed by atoms with van der Waals surface area (Å²) >= 11 is 0. The summed E-state index contributed by atoms with van der Waals surface area (Å²) in [6, 6.07) is 0. The molecule has 0 aliphatic rings. The van der Waals surface area contributed by atoms with Gasteiger partial charge in [0.2, 0.25) is 0 Å². The maximum absolute atomic E-state index is 11.5. The average molecular weight is 216 g/mol. The van der Waals surface area contributed by atoms with E-state index in [4.69, 9.17) is 0 Å². The van der Waals surface area contributed by atoms with E-state index in [9.17, 15) is 14.4 Å². The summed E-state index contributed by atoms with van der Waals surface area (Å²) in [6.07, 6.45) is 0.645. The van der Waals surface area contributed by atoms with E-state index in [1.165, 1.54) is 14.2 Å². The van der Waals surface area contributed by atoms with Gasteiger partial charge in [0, 0.05) is 6.42 Å². The van der Waals surface area contributed by atoms with Gasteiger partial charge in [-0.05, 0) is 6.42 Å². The van der Waals surface area contributed by atoms with Gasteiger partial charge in [0.25, 0.3) is 0 Å². The highest BCUT2D eigenvalue weighted by Crippen LogP contribution is 2.11. The van der Waals surface area contributed by atoms with Crippen LogP contribution in [0.25, 0.3) is 0 Å². The standard InChI is InChI=1S/C10H16O5/c1-4-5-8(11)7(10(13)15-3)6-9(12)14-2/h7H,4-6H2,1-3H3. The van der Waals surface area contributed by atoms with Crippen molar-refractivity contribution in [1.82, 2.24) is 0 Å². The SMILES string of the molecule is CCCC(=O)C(CC(=O)OC)C(=O)OC.